The molecule has 3 heteroatoms. The molecule has 3 nitrogen and oxygen atoms in total. The predicted octanol–water partition coefficient (Wildman–Crippen LogP) is 2.20. The van der Waals surface area contributed by atoms with Gasteiger partial charge in [-0.25, -0.2) is 0 Å². The van der Waals surface area contributed by atoms with Crippen molar-refractivity contribution >= 4 is 0 Å². The van der Waals surface area contributed by atoms with E-state index in [-0.39, 0.29) is 11.5 Å². The molecule has 1 aliphatic carbocycles. The molecular weight excluding hydrogens is 236 g/mol. The average molecular weight is 268 g/mol. The van der Waals surface area contributed by atoms with Gasteiger partial charge in [-0.15, -0.1) is 0 Å². The summed E-state index contributed by atoms with van der Waals surface area (Å²) in [5.74, 6) is 0.818. The summed E-state index contributed by atoms with van der Waals surface area (Å²) >= 11 is 0. The van der Waals surface area contributed by atoms with Crippen LogP contribution in [0.4, 0.5) is 0 Å². The Morgan fingerprint density at radius 2 is 1.84 bits per heavy atom. The molecule has 0 radical (unpaired) electrons. The third kappa shape index (κ3) is 3.71. The van der Waals surface area contributed by atoms with Crippen molar-refractivity contribution in [1.82, 2.24) is 9.80 Å². The Morgan fingerprint density at radius 1 is 1.21 bits per heavy atom. The molecule has 1 heterocycles. The van der Waals surface area contributed by atoms with Crippen LogP contribution in [0.5, 0.6) is 0 Å². The van der Waals surface area contributed by atoms with Crippen molar-refractivity contribution in [2.45, 2.75) is 58.1 Å². The molecule has 0 spiro atoms. The SMILES string of the molecule is CN1CCC(CN(C)C2CCCC(C)(C)C2O)CC1. The molecule has 19 heavy (non-hydrogen) atoms. The van der Waals surface area contributed by atoms with Gasteiger partial charge in [0, 0.05) is 12.6 Å². The highest BCUT2D eigenvalue weighted by atomic mass is 16.3. The first kappa shape index (κ1) is 15.3. The van der Waals surface area contributed by atoms with Gasteiger partial charge < -0.3 is 14.9 Å². The minimum atomic E-state index is -0.169. The summed E-state index contributed by atoms with van der Waals surface area (Å²) in [6.07, 6.45) is 6.03. The Kier molecular flexibility index (Phi) is 4.91. The van der Waals surface area contributed by atoms with Crippen molar-refractivity contribution in [3.8, 4) is 0 Å². The zero-order valence-corrected chi connectivity index (χ0v) is 13.2. The molecule has 0 bridgehead atoms. The second-order valence-electron chi connectivity index (χ2n) is 7.58. The summed E-state index contributed by atoms with van der Waals surface area (Å²) < 4.78 is 0. The van der Waals surface area contributed by atoms with Crippen molar-refractivity contribution in [2.75, 3.05) is 33.7 Å². The molecule has 1 saturated carbocycles. The van der Waals surface area contributed by atoms with Crippen LogP contribution in [0.1, 0.15) is 46.0 Å². The second-order valence-corrected chi connectivity index (χ2v) is 7.58. The van der Waals surface area contributed by atoms with E-state index in [4.69, 9.17) is 0 Å². The number of likely N-dealkylation sites (N-methyl/N-ethyl adjacent to an activating group) is 1. The minimum Gasteiger partial charge on any atom is -0.391 e. The van der Waals surface area contributed by atoms with E-state index in [1.54, 1.807) is 0 Å². The topological polar surface area (TPSA) is 26.7 Å². The summed E-state index contributed by atoms with van der Waals surface area (Å²) in [4.78, 5) is 4.87. The molecule has 0 aromatic carbocycles. The molecule has 2 fully saturated rings. The van der Waals surface area contributed by atoms with Crippen LogP contribution >= 0.6 is 0 Å². The monoisotopic (exact) mass is 268 g/mol. The molecule has 0 aromatic heterocycles. The van der Waals surface area contributed by atoms with Gasteiger partial charge in [-0.1, -0.05) is 20.3 Å². The first-order valence-corrected chi connectivity index (χ1v) is 7.97. The standard InChI is InChI=1S/C16H32N2O/c1-16(2)9-5-6-14(15(16)19)18(4)12-13-7-10-17(3)11-8-13/h13-15,19H,5-12H2,1-4H3. The number of piperidine rings is 1. The van der Waals surface area contributed by atoms with Gasteiger partial charge in [-0.2, -0.15) is 0 Å². The van der Waals surface area contributed by atoms with Crippen molar-refractivity contribution in [3.63, 3.8) is 0 Å². The molecule has 2 aliphatic rings. The molecule has 2 rings (SSSR count). The molecule has 2 unspecified atom stereocenters. The summed E-state index contributed by atoms with van der Waals surface area (Å²) in [5.41, 5.74) is 0.0873. The van der Waals surface area contributed by atoms with Crippen LogP contribution in [-0.4, -0.2) is 60.8 Å². The van der Waals surface area contributed by atoms with E-state index in [9.17, 15) is 5.11 Å². The highest BCUT2D eigenvalue weighted by molar-refractivity contribution is 4.93. The largest absolute Gasteiger partial charge is 0.391 e. The van der Waals surface area contributed by atoms with Crippen LogP contribution < -0.4 is 0 Å². The molecule has 0 aromatic rings. The quantitative estimate of drug-likeness (QED) is 0.850. The maximum Gasteiger partial charge on any atom is 0.0746 e. The highest BCUT2D eigenvalue weighted by Crippen LogP contribution is 2.37. The Morgan fingerprint density at radius 3 is 2.47 bits per heavy atom. The Hall–Kier alpha value is -0.120. The lowest BCUT2D eigenvalue weighted by Gasteiger charge is -2.45. The molecular formula is C16H32N2O. The zero-order valence-electron chi connectivity index (χ0n) is 13.2. The lowest BCUT2D eigenvalue weighted by molar-refractivity contribution is -0.0549. The fourth-order valence-electron chi connectivity index (χ4n) is 3.84. The Labute approximate surface area is 119 Å². The van der Waals surface area contributed by atoms with Crippen molar-refractivity contribution in [2.24, 2.45) is 11.3 Å². The number of nitrogens with zero attached hydrogens (tertiary/aromatic N) is 2. The molecule has 1 saturated heterocycles. The molecule has 112 valence electrons. The molecule has 0 amide bonds. The first-order chi connectivity index (χ1) is 8.90. The van der Waals surface area contributed by atoms with Crippen LogP contribution in [0, 0.1) is 11.3 Å². The van der Waals surface area contributed by atoms with Gasteiger partial charge in [-0.3, -0.25) is 0 Å². The van der Waals surface area contributed by atoms with Gasteiger partial charge in [0.05, 0.1) is 6.10 Å². The van der Waals surface area contributed by atoms with E-state index in [2.05, 4.69) is 37.7 Å². The molecule has 1 N–H and O–H groups in total. The Bertz CT molecular complexity index is 284. The van der Waals surface area contributed by atoms with Crippen LogP contribution in [0.2, 0.25) is 0 Å². The fraction of sp³-hybridized carbons (Fsp3) is 1.00. The summed E-state index contributed by atoms with van der Waals surface area (Å²) in [6, 6.07) is 0.364. The summed E-state index contributed by atoms with van der Waals surface area (Å²) in [5, 5.41) is 10.6. The number of aliphatic hydroxyl groups is 1. The molecule has 2 atom stereocenters. The number of likely N-dealkylation sites (tertiary alicyclic amines) is 1. The lowest BCUT2D eigenvalue weighted by atomic mass is 9.72. The van der Waals surface area contributed by atoms with E-state index in [1.807, 2.05) is 0 Å². The van der Waals surface area contributed by atoms with Gasteiger partial charge >= 0.3 is 0 Å². The van der Waals surface area contributed by atoms with Crippen molar-refractivity contribution < 1.29 is 5.11 Å². The predicted molar refractivity (Wildman–Crippen MR) is 80.3 cm³/mol. The van der Waals surface area contributed by atoms with Crippen LogP contribution in [0.15, 0.2) is 0 Å². The zero-order chi connectivity index (χ0) is 14.0. The number of aliphatic hydroxyl groups excluding tert-OH is 1. The van der Waals surface area contributed by atoms with Gasteiger partial charge in [0.1, 0.15) is 0 Å². The van der Waals surface area contributed by atoms with Gasteiger partial charge in [0.15, 0.2) is 0 Å². The van der Waals surface area contributed by atoms with Crippen molar-refractivity contribution in [3.05, 3.63) is 0 Å². The number of hydrogen-bond acceptors (Lipinski definition) is 3. The van der Waals surface area contributed by atoms with Gasteiger partial charge in [0.2, 0.25) is 0 Å². The van der Waals surface area contributed by atoms with Gasteiger partial charge in [0.25, 0.3) is 0 Å². The maximum absolute atomic E-state index is 10.6. The third-order valence-electron chi connectivity index (χ3n) is 5.44. The van der Waals surface area contributed by atoms with E-state index in [0.717, 1.165) is 25.3 Å². The molecule has 1 aliphatic heterocycles. The highest BCUT2D eigenvalue weighted by Gasteiger charge is 2.39. The smallest absolute Gasteiger partial charge is 0.0746 e. The lowest BCUT2D eigenvalue weighted by Crippen LogP contribution is -2.52. The van der Waals surface area contributed by atoms with E-state index >= 15 is 0 Å². The van der Waals surface area contributed by atoms with E-state index < -0.39 is 0 Å². The van der Waals surface area contributed by atoms with Crippen LogP contribution in [0.25, 0.3) is 0 Å². The second kappa shape index (κ2) is 6.11. The third-order valence-corrected chi connectivity index (χ3v) is 5.44. The average Bonchev–Trinajstić information content (AvgIpc) is 2.35. The van der Waals surface area contributed by atoms with E-state index in [1.165, 1.54) is 32.4 Å². The maximum atomic E-state index is 10.6. The van der Waals surface area contributed by atoms with Crippen molar-refractivity contribution in [1.29, 1.82) is 0 Å². The summed E-state index contributed by atoms with van der Waals surface area (Å²) in [7, 11) is 4.43. The normalized spacial score (nSPS) is 33.8. The van der Waals surface area contributed by atoms with Crippen LogP contribution in [-0.2, 0) is 0 Å². The first-order valence-electron chi connectivity index (χ1n) is 7.97. The Balaban J connectivity index is 1.87. The van der Waals surface area contributed by atoms with Crippen LogP contribution in [0.3, 0.4) is 0 Å². The number of rotatable bonds is 3. The van der Waals surface area contributed by atoms with Gasteiger partial charge in [-0.05, 0) is 64.2 Å². The fourth-order valence-corrected chi connectivity index (χ4v) is 3.84. The number of hydrogen-bond donors (Lipinski definition) is 1. The van der Waals surface area contributed by atoms with E-state index in [0.29, 0.717) is 6.04 Å². The summed E-state index contributed by atoms with van der Waals surface area (Å²) in [6.45, 7) is 8.06. The minimum absolute atomic E-state index is 0.0873.